The molecule has 3 nitrogen and oxygen atoms in total. The number of ether oxygens (including phenoxy) is 2. The zero-order valence-electron chi connectivity index (χ0n) is 11.8. The summed E-state index contributed by atoms with van der Waals surface area (Å²) in [6.45, 7) is 4.10. The van der Waals surface area contributed by atoms with E-state index >= 15 is 0 Å². The van der Waals surface area contributed by atoms with Gasteiger partial charge in [-0.2, -0.15) is 0 Å². The fourth-order valence-corrected chi connectivity index (χ4v) is 2.07. The van der Waals surface area contributed by atoms with Gasteiger partial charge in [-0.1, -0.05) is 12.1 Å². The second kappa shape index (κ2) is 5.22. The van der Waals surface area contributed by atoms with Crippen LogP contribution in [0.15, 0.2) is 30.3 Å². The molecule has 0 bridgehead atoms. The summed E-state index contributed by atoms with van der Waals surface area (Å²) in [6, 6.07) is 9.99. The van der Waals surface area contributed by atoms with Gasteiger partial charge >= 0.3 is 0 Å². The zero-order chi connectivity index (χ0) is 14.0. The Kier molecular flexibility index (Phi) is 3.65. The Balaban J connectivity index is 2.53. The van der Waals surface area contributed by atoms with Gasteiger partial charge in [-0.25, -0.2) is 0 Å². The Bertz CT molecular complexity index is 583. The molecule has 0 amide bonds. The first-order chi connectivity index (χ1) is 9.06. The number of rotatable bonds is 3. The molecule has 0 aliphatic rings. The molecule has 2 aromatic carbocycles. The van der Waals surface area contributed by atoms with Crippen LogP contribution in [0.5, 0.6) is 11.5 Å². The molecule has 100 valence electrons. The van der Waals surface area contributed by atoms with Crippen molar-refractivity contribution in [2.24, 2.45) is 0 Å². The molecule has 0 heterocycles. The maximum absolute atomic E-state index is 6.03. The van der Waals surface area contributed by atoms with Crippen molar-refractivity contribution in [3.63, 3.8) is 0 Å². The van der Waals surface area contributed by atoms with Gasteiger partial charge in [0, 0.05) is 5.69 Å². The Morgan fingerprint density at radius 3 is 2.11 bits per heavy atom. The van der Waals surface area contributed by atoms with Crippen LogP contribution in [-0.4, -0.2) is 14.2 Å². The molecule has 0 saturated heterocycles. The van der Waals surface area contributed by atoms with Crippen LogP contribution in [-0.2, 0) is 0 Å². The van der Waals surface area contributed by atoms with E-state index in [2.05, 4.69) is 13.0 Å². The van der Waals surface area contributed by atoms with Gasteiger partial charge in [0.2, 0.25) is 0 Å². The molecule has 2 N–H and O–H groups in total. The highest BCUT2D eigenvalue weighted by molar-refractivity contribution is 5.72. The second-order valence-electron chi connectivity index (χ2n) is 4.58. The standard InChI is InChI=1S/C16H19NO2/c1-10-7-13(8-14(17)11(10)2)12-5-6-15(18-3)16(9-12)19-4/h5-9H,17H2,1-4H3. The summed E-state index contributed by atoms with van der Waals surface area (Å²) in [5.74, 6) is 1.44. The van der Waals surface area contributed by atoms with E-state index in [1.54, 1.807) is 14.2 Å². The van der Waals surface area contributed by atoms with Crippen molar-refractivity contribution in [2.45, 2.75) is 13.8 Å². The predicted molar refractivity (Wildman–Crippen MR) is 78.9 cm³/mol. The summed E-state index contributed by atoms with van der Waals surface area (Å²) >= 11 is 0. The summed E-state index contributed by atoms with van der Waals surface area (Å²) in [5, 5.41) is 0. The van der Waals surface area contributed by atoms with Crippen LogP contribution < -0.4 is 15.2 Å². The van der Waals surface area contributed by atoms with Gasteiger partial charge < -0.3 is 15.2 Å². The minimum atomic E-state index is 0.719. The third-order valence-electron chi connectivity index (χ3n) is 3.42. The number of methoxy groups -OCH3 is 2. The van der Waals surface area contributed by atoms with Gasteiger partial charge in [0.1, 0.15) is 0 Å². The highest BCUT2D eigenvalue weighted by atomic mass is 16.5. The third kappa shape index (κ3) is 2.50. The van der Waals surface area contributed by atoms with Crippen molar-refractivity contribution in [3.05, 3.63) is 41.5 Å². The molecule has 0 unspecified atom stereocenters. The van der Waals surface area contributed by atoms with Crippen molar-refractivity contribution in [1.82, 2.24) is 0 Å². The van der Waals surface area contributed by atoms with Gasteiger partial charge in [0.15, 0.2) is 11.5 Å². The van der Waals surface area contributed by atoms with E-state index in [1.807, 2.05) is 31.2 Å². The van der Waals surface area contributed by atoms with E-state index in [-0.39, 0.29) is 0 Å². The molecular weight excluding hydrogens is 238 g/mol. The Morgan fingerprint density at radius 1 is 0.842 bits per heavy atom. The topological polar surface area (TPSA) is 44.5 Å². The minimum Gasteiger partial charge on any atom is -0.493 e. The molecule has 0 fully saturated rings. The number of anilines is 1. The van der Waals surface area contributed by atoms with Crippen molar-refractivity contribution >= 4 is 5.69 Å². The van der Waals surface area contributed by atoms with Gasteiger partial charge in [0.05, 0.1) is 14.2 Å². The van der Waals surface area contributed by atoms with Gasteiger partial charge in [-0.05, 0) is 54.3 Å². The number of benzene rings is 2. The van der Waals surface area contributed by atoms with Crippen LogP contribution in [0.3, 0.4) is 0 Å². The number of hydrogen-bond acceptors (Lipinski definition) is 3. The summed E-state index contributed by atoms with van der Waals surface area (Å²) in [6.07, 6.45) is 0. The lowest BCUT2D eigenvalue weighted by Crippen LogP contribution is -1.94. The first kappa shape index (κ1) is 13.3. The molecule has 3 heteroatoms. The van der Waals surface area contributed by atoms with E-state index in [0.717, 1.165) is 33.9 Å². The third-order valence-corrected chi connectivity index (χ3v) is 3.42. The van der Waals surface area contributed by atoms with E-state index in [0.29, 0.717) is 0 Å². The summed E-state index contributed by atoms with van der Waals surface area (Å²) in [4.78, 5) is 0. The van der Waals surface area contributed by atoms with Crippen molar-refractivity contribution < 1.29 is 9.47 Å². The molecule has 0 saturated carbocycles. The number of aryl methyl sites for hydroxylation is 1. The summed E-state index contributed by atoms with van der Waals surface area (Å²) in [7, 11) is 3.27. The lowest BCUT2D eigenvalue weighted by molar-refractivity contribution is 0.355. The van der Waals surface area contributed by atoms with Crippen LogP contribution in [0.1, 0.15) is 11.1 Å². The molecule has 2 rings (SSSR count). The summed E-state index contributed by atoms with van der Waals surface area (Å²) in [5.41, 5.74) is 11.3. The number of nitrogens with two attached hydrogens (primary N) is 1. The van der Waals surface area contributed by atoms with Crippen LogP contribution in [0.2, 0.25) is 0 Å². The number of nitrogen functional groups attached to an aromatic ring is 1. The molecule has 0 atom stereocenters. The molecule has 0 spiro atoms. The Hall–Kier alpha value is -2.16. The highest BCUT2D eigenvalue weighted by Crippen LogP contribution is 2.34. The predicted octanol–water partition coefficient (Wildman–Crippen LogP) is 3.57. The second-order valence-corrected chi connectivity index (χ2v) is 4.58. The minimum absolute atomic E-state index is 0.719. The lowest BCUT2D eigenvalue weighted by atomic mass is 9.98. The van der Waals surface area contributed by atoms with E-state index in [4.69, 9.17) is 15.2 Å². The van der Waals surface area contributed by atoms with Crippen molar-refractivity contribution in [2.75, 3.05) is 20.0 Å². The molecule has 19 heavy (non-hydrogen) atoms. The maximum Gasteiger partial charge on any atom is 0.161 e. The molecule has 0 aliphatic heterocycles. The zero-order valence-corrected chi connectivity index (χ0v) is 11.8. The quantitative estimate of drug-likeness (QED) is 0.855. The first-order valence-corrected chi connectivity index (χ1v) is 6.16. The number of hydrogen-bond donors (Lipinski definition) is 1. The first-order valence-electron chi connectivity index (χ1n) is 6.16. The van der Waals surface area contributed by atoms with Gasteiger partial charge in [-0.15, -0.1) is 0 Å². The molecule has 0 aliphatic carbocycles. The fourth-order valence-electron chi connectivity index (χ4n) is 2.07. The maximum atomic E-state index is 6.03. The average molecular weight is 257 g/mol. The van der Waals surface area contributed by atoms with E-state index < -0.39 is 0 Å². The van der Waals surface area contributed by atoms with Crippen LogP contribution in [0.25, 0.3) is 11.1 Å². The van der Waals surface area contributed by atoms with Gasteiger partial charge in [0.25, 0.3) is 0 Å². The van der Waals surface area contributed by atoms with E-state index in [9.17, 15) is 0 Å². The Labute approximate surface area is 114 Å². The van der Waals surface area contributed by atoms with Crippen LogP contribution in [0.4, 0.5) is 5.69 Å². The smallest absolute Gasteiger partial charge is 0.161 e. The fraction of sp³-hybridized carbons (Fsp3) is 0.250. The monoisotopic (exact) mass is 257 g/mol. The SMILES string of the molecule is COc1ccc(-c2cc(C)c(C)c(N)c2)cc1OC. The Morgan fingerprint density at radius 2 is 1.53 bits per heavy atom. The molecule has 0 radical (unpaired) electrons. The molecule has 2 aromatic rings. The van der Waals surface area contributed by atoms with Gasteiger partial charge in [-0.3, -0.25) is 0 Å². The van der Waals surface area contributed by atoms with Crippen molar-refractivity contribution in [3.8, 4) is 22.6 Å². The molecular formula is C16H19NO2. The summed E-state index contributed by atoms with van der Waals surface area (Å²) < 4.78 is 10.6. The highest BCUT2D eigenvalue weighted by Gasteiger charge is 2.08. The normalized spacial score (nSPS) is 10.3. The van der Waals surface area contributed by atoms with E-state index in [1.165, 1.54) is 5.56 Å². The largest absolute Gasteiger partial charge is 0.493 e. The van der Waals surface area contributed by atoms with Crippen LogP contribution >= 0.6 is 0 Å². The van der Waals surface area contributed by atoms with Crippen molar-refractivity contribution in [1.29, 1.82) is 0 Å². The van der Waals surface area contributed by atoms with Crippen LogP contribution in [0, 0.1) is 13.8 Å². The lowest BCUT2D eigenvalue weighted by Gasteiger charge is -2.12. The molecule has 0 aromatic heterocycles. The average Bonchev–Trinajstić information content (AvgIpc) is 2.43.